The SMILES string of the molecule is CC(=O)O[C@@H]1[C@@H]2[C@@H](O)[C@@]34O[C@@]2(C)COC(=O)c2cnccc2C(C)C(C)(O)C(=O)O[C@@H]([C@H](OC(C)=O)[C@H](OC(C)=O)[C@@]3(OC(=O)c2ccoc2)[C@@H]1OC(C)=O)[C@]4(C)O. The maximum atomic E-state index is 14.4. The van der Waals surface area contributed by atoms with Crippen molar-refractivity contribution in [3.05, 3.63) is 53.7 Å². The Morgan fingerprint density at radius 2 is 1.45 bits per heavy atom. The highest BCUT2D eigenvalue weighted by Gasteiger charge is 2.92. The molecule has 3 N–H and O–H groups in total. The molecular formula is C38H43NO19. The maximum Gasteiger partial charge on any atom is 0.342 e. The highest BCUT2D eigenvalue weighted by Crippen LogP contribution is 2.67. The van der Waals surface area contributed by atoms with E-state index in [0.29, 0.717) is 0 Å². The Labute approximate surface area is 329 Å². The lowest BCUT2D eigenvalue weighted by Gasteiger charge is -2.66. The Balaban J connectivity index is 1.78. The summed E-state index contributed by atoms with van der Waals surface area (Å²) in [6, 6.07) is 2.48. The van der Waals surface area contributed by atoms with E-state index in [0.717, 1.165) is 66.3 Å². The number of nitrogens with zero attached hydrogens (tertiary/aromatic N) is 1. The number of furan rings is 1. The molecule has 2 aliphatic carbocycles. The smallest absolute Gasteiger partial charge is 0.342 e. The lowest BCUT2D eigenvalue weighted by atomic mass is 9.50. The summed E-state index contributed by atoms with van der Waals surface area (Å²) in [5, 5.41) is 38.0. The van der Waals surface area contributed by atoms with Crippen molar-refractivity contribution in [2.24, 2.45) is 5.92 Å². The standard InChI is InChI=1S/C38H43NO19/c1-16-22-9-11-39-13-23(22)32(46)51-15-34(6)24-25(52-17(2)40)29(54-19(4)42)37(57-31(45)21-10-12-50-14-21)30(55-20(5)43)26(53-18(3)41)28(56-33(47)35(16,7)48)36(8,49)38(37,58-34)27(24)44/h9-14,16,24-30,44,48-49H,15H2,1-8H3/t16?,24-,25-,26+,27-,28+,29-,30+,34+,35?,36+,37+,38+/m1/s1. The first-order valence-corrected chi connectivity index (χ1v) is 18.1. The van der Waals surface area contributed by atoms with Gasteiger partial charge in [0.15, 0.2) is 41.7 Å². The van der Waals surface area contributed by atoms with Crippen molar-refractivity contribution < 1.29 is 91.2 Å². The molecule has 0 aromatic carbocycles. The quantitative estimate of drug-likeness (QED) is 0.260. The lowest BCUT2D eigenvalue weighted by molar-refractivity contribution is -0.395. The van der Waals surface area contributed by atoms with Crippen LogP contribution in [0.2, 0.25) is 0 Å². The first kappa shape index (κ1) is 42.2. The Morgan fingerprint density at radius 1 is 0.862 bits per heavy atom. The summed E-state index contributed by atoms with van der Waals surface area (Å²) in [5.74, 6) is -11.5. The third-order valence-electron chi connectivity index (χ3n) is 11.6. The highest BCUT2D eigenvalue weighted by molar-refractivity contribution is 5.92. The number of carbonyl (C=O) groups excluding carboxylic acids is 7. The number of cyclic esters (lactones) is 1. The number of esters is 7. The largest absolute Gasteiger partial charge is 0.472 e. The Kier molecular flexibility index (Phi) is 10.5. The summed E-state index contributed by atoms with van der Waals surface area (Å²) < 4.78 is 52.9. The summed E-state index contributed by atoms with van der Waals surface area (Å²) in [7, 11) is 0. The summed E-state index contributed by atoms with van der Waals surface area (Å²) in [4.78, 5) is 99.0. The molecule has 1 spiro atoms. The first-order valence-electron chi connectivity index (χ1n) is 18.1. The fourth-order valence-electron chi connectivity index (χ4n) is 9.03. The number of aliphatic hydroxyl groups excluding tert-OH is 1. The van der Waals surface area contributed by atoms with Gasteiger partial charge in [-0.15, -0.1) is 0 Å². The van der Waals surface area contributed by atoms with Gasteiger partial charge in [0, 0.05) is 46.0 Å². The van der Waals surface area contributed by atoms with Gasteiger partial charge < -0.3 is 57.6 Å². The van der Waals surface area contributed by atoms with Crippen molar-refractivity contribution >= 4 is 41.8 Å². The molecule has 0 amide bonds. The zero-order valence-corrected chi connectivity index (χ0v) is 32.6. The molecule has 4 aliphatic rings. The van der Waals surface area contributed by atoms with E-state index >= 15 is 0 Å². The van der Waals surface area contributed by atoms with E-state index in [1.165, 1.54) is 26.1 Å². The van der Waals surface area contributed by atoms with Crippen LogP contribution in [-0.2, 0) is 61.9 Å². The fourth-order valence-corrected chi connectivity index (χ4v) is 9.03. The lowest BCUT2D eigenvalue weighted by Crippen LogP contribution is -2.92. The zero-order valence-electron chi connectivity index (χ0n) is 32.6. The van der Waals surface area contributed by atoms with Crippen LogP contribution >= 0.6 is 0 Å². The van der Waals surface area contributed by atoms with Gasteiger partial charge in [0.25, 0.3) is 0 Å². The van der Waals surface area contributed by atoms with Crippen LogP contribution in [0.3, 0.4) is 0 Å². The van der Waals surface area contributed by atoms with Gasteiger partial charge in [-0.3, -0.25) is 24.2 Å². The molecule has 2 aliphatic heterocycles. The van der Waals surface area contributed by atoms with Crippen LogP contribution in [0.1, 0.15) is 87.6 Å². The van der Waals surface area contributed by atoms with Crippen molar-refractivity contribution in [3.63, 3.8) is 0 Å². The fraction of sp³-hybridized carbons (Fsp3) is 0.579. The van der Waals surface area contributed by atoms with Gasteiger partial charge >= 0.3 is 41.8 Å². The highest BCUT2D eigenvalue weighted by atomic mass is 16.7. The van der Waals surface area contributed by atoms with Crippen LogP contribution in [-0.4, -0.2) is 133 Å². The summed E-state index contributed by atoms with van der Waals surface area (Å²) in [6.07, 6.45) is -9.14. The summed E-state index contributed by atoms with van der Waals surface area (Å²) >= 11 is 0. The predicted octanol–water partition coefficient (Wildman–Crippen LogP) is 0.217. The number of hydrogen-bond acceptors (Lipinski definition) is 20. The Hall–Kier alpha value is -5.44. The normalized spacial score (nSPS) is 39.2. The van der Waals surface area contributed by atoms with Crippen molar-refractivity contribution in [2.75, 3.05) is 6.61 Å². The van der Waals surface area contributed by atoms with Gasteiger partial charge in [-0.25, -0.2) is 14.4 Å². The number of rotatable bonds is 6. The zero-order chi connectivity index (χ0) is 42.9. The summed E-state index contributed by atoms with van der Waals surface area (Å²) in [6.45, 7) is 7.43. The maximum absolute atomic E-state index is 14.4. The minimum Gasteiger partial charge on any atom is -0.472 e. The van der Waals surface area contributed by atoms with Crippen LogP contribution in [0, 0.1) is 5.92 Å². The second kappa shape index (κ2) is 14.4. The van der Waals surface area contributed by atoms with Gasteiger partial charge in [-0.05, 0) is 38.5 Å². The second-order valence-corrected chi connectivity index (χ2v) is 15.4. The van der Waals surface area contributed by atoms with E-state index in [4.69, 9.17) is 42.3 Å². The average molecular weight is 818 g/mol. The van der Waals surface area contributed by atoms with Crippen LogP contribution in [0.4, 0.5) is 0 Å². The molecule has 1 saturated heterocycles. The Bertz CT molecular complexity index is 2030. The molecular weight excluding hydrogens is 774 g/mol. The number of aromatic nitrogens is 1. The van der Waals surface area contributed by atoms with Gasteiger partial charge in [-0.2, -0.15) is 0 Å². The minimum absolute atomic E-state index is 0.0503. The van der Waals surface area contributed by atoms with E-state index in [9.17, 15) is 48.9 Å². The van der Waals surface area contributed by atoms with Crippen molar-refractivity contribution in [1.29, 1.82) is 0 Å². The molecule has 2 aromatic heterocycles. The number of fused-ring (bicyclic) bond motifs is 5. The van der Waals surface area contributed by atoms with E-state index in [2.05, 4.69) is 4.98 Å². The molecule has 13 atom stereocenters. The van der Waals surface area contributed by atoms with E-state index in [-0.39, 0.29) is 16.7 Å². The van der Waals surface area contributed by atoms with Crippen molar-refractivity contribution in [1.82, 2.24) is 4.98 Å². The van der Waals surface area contributed by atoms with Gasteiger partial charge in [0.05, 0.1) is 29.4 Å². The summed E-state index contributed by atoms with van der Waals surface area (Å²) in [5.41, 5.74) is -14.6. The molecule has 2 aromatic rings. The molecule has 20 nitrogen and oxygen atoms in total. The molecule has 6 rings (SSSR count). The molecule has 20 heteroatoms. The molecule has 4 heterocycles. The van der Waals surface area contributed by atoms with Gasteiger partial charge in [0.2, 0.25) is 5.60 Å². The van der Waals surface area contributed by atoms with Gasteiger partial charge in [0.1, 0.15) is 24.1 Å². The molecule has 4 bridgehead atoms. The minimum atomic E-state index is -3.17. The molecule has 0 radical (unpaired) electrons. The molecule has 58 heavy (non-hydrogen) atoms. The van der Waals surface area contributed by atoms with Gasteiger partial charge in [-0.1, -0.05) is 6.92 Å². The van der Waals surface area contributed by atoms with Crippen LogP contribution in [0.15, 0.2) is 41.5 Å². The van der Waals surface area contributed by atoms with Crippen LogP contribution in [0.25, 0.3) is 0 Å². The van der Waals surface area contributed by atoms with Crippen molar-refractivity contribution in [3.8, 4) is 0 Å². The molecule has 314 valence electrons. The number of pyridine rings is 1. The number of hydrogen-bond donors (Lipinski definition) is 3. The molecule has 3 fully saturated rings. The molecule has 2 unspecified atom stereocenters. The number of ether oxygens (including phenoxy) is 8. The van der Waals surface area contributed by atoms with E-state index < -0.39 is 125 Å². The van der Waals surface area contributed by atoms with Crippen molar-refractivity contribution in [2.45, 2.75) is 126 Å². The monoisotopic (exact) mass is 817 g/mol. The third-order valence-corrected chi connectivity index (χ3v) is 11.6. The average Bonchev–Trinajstić information content (AvgIpc) is 3.74. The number of aliphatic hydroxyl groups is 3. The number of carbonyl (C=O) groups is 7. The first-order chi connectivity index (χ1) is 27.0. The third kappa shape index (κ3) is 6.20. The van der Waals surface area contributed by atoms with E-state index in [1.807, 2.05) is 0 Å². The van der Waals surface area contributed by atoms with Crippen LogP contribution in [0.5, 0.6) is 0 Å². The predicted molar refractivity (Wildman–Crippen MR) is 185 cm³/mol. The van der Waals surface area contributed by atoms with Crippen LogP contribution < -0.4 is 0 Å². The van der Waals surface area contributed by atoms with E-state index in [1.54, 1.807) is 0 Å². The Morgan fingerprint density at radius 3 is 2.02 bits per heavy atom. The topological polar surface area (TPSA) is 280 Å². The molecule has 2 saturated carbocycles. The second-order valence-electron chi connectivity index (χ2n) is 15.4.